The van der Waals surface area contributed by atoms with Crippen molar-refractivity contribution < 1.29 is 14.7 Å². The summed E-state index contributed by atoms with van der Waals surface area (Å²) in [6.07, 6.45) is 4.29. The Morgan fingerprint density at radius 3 is 2.47 bits per heavy atom. The lowest BCUT2D eigenvalue weighted by molar-refractivity contribution is -0.142. The summed E-state index contributed by atoms with van der Waals surface area (Å²) >= 11 is 0. The number of carboxylic acid groups (broad SMARTS) is 1. The van der Waals surface area contributed by atoms with Crippen LogP contribution in [0.15, 0.2) is 0 Å². The number of carboxylic acids is 1. The Balaban J connectivity index is 1.96. The quantitative estimate of drug-likeness (QED) is 0.830. The van der Waals surface area contributed by atoms with Gasteiger partial charge in [0.15, 0.2) is 0 Å². The van der Waals surface area contributed by atoms with Gasteiger partial charge in [-0.3, -0.25) is 4.79 Å². The molecule has 0 spiro atoms. The molecular formula is C14H24N2O3. The molecule has 0 aromatic heterocycles. The van der Waals surface area contributed by atoms with Crippen molar-refractivity contribution in [3.63, 3.8) is 0 Å². The lowest BCUT2D eigenvalue weighted by Crippen LogP contribution is -2.44. The highest BCUT2D eigenvalue weighted by Gasteiger charge is 2.41. The fourth-order valence-corrected chi connectivity index (χ4v) is 2.78. The Morgan fingerprint density at radius 2 is 2.00 bits per heavy atom. The summed E-state index contributed by atoms with van der Waals surface area (Å²) in [5, 5.41) is 9.13. The number of hydrogen-bond donors (Lipinski definition) is 1. The number of carbonyl (C=O) groups excluding carboxylic acids is 1. The minimum atomic E-state index is -0.783. The predicted octanol–water partition coefficient (Wildman–Crippen LogP) is 2.02. The molecule has 5 heteroatoms. The Bertz CT molecular complexity index is 355. The van der Waals surface area contributed by atoms with Crippen LogP contribution in [0.25, 0.3) is 0 Å². The molecule has 1 N–H and O–H groups in total. The number of amides is 2. The highest BCUT2D eigenvalue weighted by Crippen LogP contribution is 2.30. The molecule has 1 aliphatic carbocycles. The first-order valence-electron chi connectivity index (χ1n) is 7.33. The van der Waals surface area contributed by atoms with Crippen LogP contribution in [0.4, 0.5) is 4.79 Å². The second-order valence-corrected chi connectivity index (χ2v) is 5.89. The minimum absolute atomic E-state index is 0.0477. The van der Waals surface area contributed by atoms with E-state index in [4.69, 9.17) is 5.11 Å². The molecule has 2 rings (SSSR count). The van der Waals surface area contributed by atoms with Gasteiger partial charge in [0.05, 0.1) is 5.92 Å². The maximum absolute atomic E-state index is 12.5. The molecule has 2 aliphatic rings. The van der Waals surface area contributed by atoms with Gasteiger partial charge in [0, 0.05) is 25.7 Å². The number of hydrogen-bond acceptors (Lipinski definition) is 2. The van der Waals surface area contributed by atoms with Crippen molar-refractivity contribution in [2.24, 2.45) is 11.8 Å². The van der Waals surface area contributed by atoms with Crippen molar-refractivity contribution in [1.29, 1.82) is 0 Å². The van der Waals surface area contributed by atoms with Crippen LogP contribution in [-0.2, 0) is 4.79 Å². The first-order chi connectivity index (χ1) is 9.04. The van der Waals surface area contributed by atoms with Crippen molar-refractivity contribution in [3.05, 3.63) is 0 Å². The molecular weight excluding hydrogens is 244 g/mol. The van der Waals surface area contributed by atoms with Crippen LogP contribution in [0.3, 0.4) is 0 Å². The van der Waals surface area contributed by atoms with Crippen LogP contribution >= 0.6 is 0 Å². The molecule has 0 unspecified atom stereocenters. The smallest absolute Gasteiger partial charge is 0.320 e. The fourth-order valence-electron chi connectivity index (χ4n) is 2.78. The third kappa shape index (κ3) is 3.19. The molecule has 1 heterocycles. The molecule has 1 saturated carbocycles. The highest BCUT2D eigenvalue weighted by atomic mass is 16.4. The van der Waals surface area contributed by atoms with Gasteiger partial charge >= 0.3 is 12.0 Å². The van der Waals surface area contributed by atoms with Crippen molar-refractivity contribution in [2.45, 2.75) is 45.6 Å². The molecule has 0 radical (unpaired) electrons. The van der Waals surface area contributed by atoms with Crippen molar-refractivity contribution in [1.82, 2.24) is 9.80 Å². The lowest BCUT2D eigenvalue weighted by atomic mass is 9.99. The molecule has 1 aliphatic heterocycles. The highest BCUT2D eigenvalue weighted by molar-refractivity contribution is 5.78. The summed E-state index contributed by atoms with van der Waals surface area (Å²) in [6, 6.07) is 0.449. The van der Waals surface area contributed by atoms with E-state index < -0.39 is 11.9 Å². The molecule has 0 aromatic rings. The van der Waals surface area contributed by atoms with Crippen molar-refractivity contribution in [3.8, 4) is 0 Å². The number of likely N-dealkylation sites (tertiary alicyclic amines) is 1. The molecule has 2 amide bonds. The van der Waals surface area contributed by atoms with Crippen LogP contribution in [0.5, 0.6) is 0 Å². The summed E-state index contributed by atoms with van der Waals surface area (Å²) in [6.45, 7) is 5.78. The van der Waals surface area contributed by atoms with Gasteiger partial charge in [0.25, 0.3) is 0 Å². The van der Waals surface area contributed by atoms with E-state index in [0.717, 1.165) is 32.2 Å². The van der Waals surface area contributed by atoms with E-state index in [1.165, 1.54) is 0 Å². The topological polar surface area (TPSA) is 60.9 Å². The van der Waals surface area contributed by atoms with Gasteiger partial charge in [-0.15, -0.1) is 0 Å². The Hall–Kier alpha value is -1.26. The second-order valence-electron chi connectivity index (χ2n) is 5.89. The zero-order valence-corrected chi connectivity index (χ0v) is 11.8. The van der Waals surface area contributed by atoms with Gasteiger partial charge in [-0.05, 0) is 25.2 Å². The lowest BCUT2D eigenvalue weighted by Gasteiger charge is -2.28. The third-order valence-electron chi connectivity index (χ3n) is 4.19. The summed E-state index contributed by atoms with van der Waals surface area (Å²) in [5.74, 6) is -1.14. The summed E-state index contributed by atoms with van der Waals surface area (Å²) < 4.78 is 0. The SMILES string of the molecule is CCCCN(C(=O)N1C[C@@H](C)[C@H](C(=O)O)C1)C1CC1. The predicted molar refractivity (Wildman–Crippen MR) is 71.9 cm³/mol. The van der Waals surface area contributed by atoms with Gasteiger partial charge in [-0.2, -0.15) is 0 Å². The summed E-state index contributed by atoms with van der Waals surface area (Å²) in [4.78, 5) is 27.3. The molecule has 2 atom stereocenters. The van der Waals surface area contributed by atoms with Crippen LogP contribution in [0.1, 0.15) is 39.5 Å². The number of nitrogens with zero attached hydrogens (tertiary/aromatic N) is 2. The largest absolute Gasteiger partial charge is 0.481 e. The first kappa shape index (κ1) is 14.2. The molecule has 1 saturated heterocycles. The van der Waals surface area contributed by atoms with E-state index in [0.29, 0.717) is 19.1 Å². The fraction of sp³-hybridized carbons (Fsp3) is 0.857. The molecule has 0 aromatic carbocycles. The average Bonchev–Trinajstić information content (AvgIpc) is 3.11. The maximum atomic E-state index is 12.5. The van der Waals surface area contributed by atoms with Gasteiger partial charge in [-0.25, -0.2) is 4.79 Å². The molecule has 108 valence electrons. The normalized spacial score (nSPS) is 26.5. The Morgan fingerprint density at radius 1 is 1.32 bits per heavy atom. The number of unbranched alkanes of at least 4 members (excludes halogenated alkanes) is 1. The van der Waals surface area contributed by atoms with Crippen LogP contribution in [0, 0.1) is 11.8 Å². The van der Waals surface area contributed by atoms with Crippen molar-refractivity contribution >= 4 is 12.0 Å². The molecule has 5 nitrogen and oxygen atoms in total. The van der Waals surface area contributed by atoms with Crippen LogP contribution in [0.2, 0.25) is 0 Å². The van der Waals surface area contributed by atoms with Crippen molar-refractivity contribution in [2.75, 3.05) is 19.6 Å². The average molecular weight is 268 g/mol. The van der Waals surface area contributed by atoms with Crippen LogP contribution < -0.4 is 0 Å². The monoisotopic (exact) mass is 268 g/mol. The first-order valence-corrected chi connectivity index (χ1v) is 7.33. The molecule has 2 fully saturated rings. The third-order valence-corrected chi connectivity index (χ3v) is 4.19. The maximum Gasteiger partial charge on any atom is 0.320 e. The summed E-state index contributed by atoms with van der Waals surface area (Å²) in [7, 11) is 0. The number of urea groups is 1. The van der Waals surface area contributed by atoms with Gasteiger partial charge in [-0.1, -0.05) is 20.3 Å². The van der Waals surface area contributed by atoms with E-state index in [2.05, 4.69) is 6.92 Å². The van der Waals surface area contributed by atoms with Crippen LogP contribution in [-0.4, -0.2) is 52.6 Å². The van der Waals surface area contributed by atoms with Gasteiger partial charge in [0.1, 0.15) is 0 Å². The molecule has 19 heavy (non-hydrogen) atoms. The minimum Gasteiger partial charge on any atom is -0.481 e. The van der Waals surface area contributed by atoms with Gasteiger partial charge < -0.3 is 14.9 Å². The zero-order chi connectivity index (χ0) is 14.0. The van der Waals surface area contributed by atoms with E-state index in [1.54, 1.807) is 4.90 Å². The van der Waals surface area contributed by atoms with Gasteiger partial charge in [0.2, 0.25) is 0 Å². The summed E-state index contributed by atoms with van der Waals surface area (Å²) in [5.41, 5.74) is 0. The molecule has 0 bridgehead atoms. The standard InChI is InChI=1S/C14H24N2O3/c1-3-4-7-16(11-5-6-11)14(19)15-8-10(2)12(9-15)13(17)18/h10-12H,3-9H2,1-2H3,(H,17,18)/t10-,12-/m1/s1. The Labute approximate surface area is 114 Å². The Kier molecular flexibility index (Phi) is 4.32. The van der Waals surface area contributed by atoms with E-state index in [9.17, 15) is 9.59 Å². The van der Waals surface area contributed by atoms with E-state index >= 15 is 0 Å². The van der Waals surface area contributed by atoms with E-state index in [-0.39, 0.29) is 11.9 Å². The zero-order valence-electron chi connectivity index (χ0n) is 11.8. The number of aliphatic carboxylic acids is 1. The van der Waals surface area contributed by atoms with E-state index in [1.807, 2.05) is 11.8 Å². The second kappa shape index (κ2) is 5.80. The number of carbonyl (C=O) groups is 2. The number of rotatable bonds is 5.